The molecule has 2 aromatic rings. The van der Waals surface area contributed by atoms with E-state index < -0.39 is 0 Å². The molecule has 0 aliphatic rings. The van der Waals surface area contributed by atoms with Gasteiger partial charge in [0.2, 0.25) is 0 Å². The number of ether oxygens (including phenoxy) is 2. The second-order valence-corrected chi connectivity index (χ2v) is 5.01. The van der Waals surface area contributed by atoms with Gasteiger partial charge < -0.3 is 9.47 Å². The fraction of sp³-hybridized carbons (Fsp3) is 0.211. The lowest BCUT2D eigenvalue weighted by Crippen LogP contribution is -2.23. The lowest BCUT2D eigenvalue weighted by atomic mass is 10.1. The van der Waals surface area contributed by atoms with Gasteiger partial charge in [0, 0.05) is 11.1 Å². The Morgan fingerprint density at radius 2 is 1.88 bits per heavy atom. The van der Waals surface area contributed by atoms with Crippen molar-refractivity contribution in [2.45, 2.75) is 13.5 Å². The minimum absolute atomic E-state index is 0.293. The zero-order valence-electron chi connectivity index (χ0n) is 14.0. The van der Waals surface area contributed by atoms with E-state index in [9.17, 15) is 4.79 Å². The topological polar surface area (TPSA) is 56.8 Å². The third-order valence-corrected chi connectivity index (χ3v) is 3.36. The van der Waals surface area contributed by atoms with Crippen LogP contribution in [-0.4, -0.2) is 20.1 Å². The minimum Gasteiger partial charge on any atom is -0.493 e. The molecule has 0 bridgehead atoms. The standard InChI is InChI=1S/C19H21NO4/c1-4-8-15-11-16(12-17(22-2)18(15)23-3)19(21)20-24-13-14-9-6-5-7-10-14/h4-12H,13H2,1-3H3,(H,20,21)/b8-4+. The molecule has 0 spiro atoms. The molecule has 2 aromatic carbocycles. The van der Waals surface area contributed by atoms with E-state index >= 15 is 0 Å². The third kappa shape index (κ3) is 4.36. The van der Waals surface area contributed by atoms with E-state index in [0.717, 1.165) is 11.1 Å². The van der Waals surface area contributed by atoms with Crippen LogP contribution in [0.25, 0.3) is 6.08 Å². The average molecular weight is 327 g/mol. The molecule has 0 heterocycles. The summed E-state index contributed by atoms with van der Waals surface area (Å²) in [6.07, 6.45) is 3.72. The predicted molar refractivity (Wildman–Crippen MR) is 93.0 cm³/mol. The van der Waals surface area contributed by atoms with Crippen LogP contribution < -0.4 is 15.0 Å². The van der Waals surface area contributed by atoms with Gasteiger partial charge in [-0.2, -0.15) is 0 Å². The first-order valence-corrected chi connectivity index (χ1v) is 7.54. The molecular formula is C19H21NO4. The van der Waals surface area contributed by atoms with E-state index in [4.69, 9.17) is 14.3 Å². The summed E-state index contributed by atoms with van der Waals surface area (Å²) in [5.74, 6) is 0.719. The van der Waals surface area contributed by atoms with Crippen molar-refractivity contribution in [2.24, 2.45) is 0 Å². The fourth-order valence-electron chi connectivity index (χ4n) is 2.25. The Morgan fingerprint density at radius 1 is 1.12 bits per heavy atom. The van der Waals surface area contributed by atoms with Crippen molar-refractivity contribution < 1.29 is 19.1 Å². The van der Waals surface area contributed by atoms with Crippen molar-refractivity contribution in [1.29, 1.82) is 0 Å². The van der Waals surface area contributed by atoms with E-state index in [1.165, 1.54) is 7.11 Å². The predicted octanol–water partition coefficient (Wildman–Crippen LogP) is 3.60. The second-order valence-electron chi connectivity index (χ2n) is 5.01. The number of carbonyl (C=O) groups excluding carboxylic acids is 1. The number of benzene rings is 2. The number of hydrogen-bond donors (Lipinski definition) is 1. The molecule has 5 nitrogen and oxygen atoms in total. The highest BCUT2D eigenvalue weighted by atomic mass is 16.6. The molecule has 0 aliphatic carbocycles. The van der Waals surface area contributed by atoms with Crippen LogP contribution in [-0.2, 0) is 11.4 Å². The third-order valence-electron chi connectivity index (χ3n) is 3.36. The molecule has 126 valence electrons. The molecule has 24 heavy (non-hydrogen) atoms. The fourth-order valence-corrected chi connectivity index (χ4v) is 2.25. The van der Waals surface area contributed by atoms with Gasteiger partial charge >= 0.3 is 0 Å². The molecular weight excluding hydrogens is 306 g/mol. The Hall–Kier alpha value is -2.79. The van der Waals surface area contributed by atoms with Gasteiger partial charge in [0.15, 0.2) is 11.5 Å². The summed E-state index contributed by atoms with van der Waals surface area (Å²) in [6, 6.07) is 12.9. The van der Waals surface area contributed by atoms with E-state index in [1.807, 2.05) is 49.4 Å². The zero-order chi connectivity index (χ0) is 17.4. The first-order chi connectivity index (χ1) is 11.7. The molecule has 0 aromatic heterocycles. The first-order valence-electron chi connectivity index (χ1n) is 7.54. The van der Waals surface area contributed by atoms with E-state index in [2.05, 4.69) is 5.48 Å². The number of allylic oxidation sites excluding steroid dienone is 1. The summed E-state index contributed by atoms with van der Waals surface area (Å²) < 4.78 is 10.7. The van der Waals surface area contributed by atoms with E-state index in [1.54, 1.807) is 19.2 Å². The molecule has 5 heteroatoms. The molecule has 1 amide bonds. The molecule has 0 saturated carbocycles. The summed E-state index contributed by atoms with van der Waals surface area (Å²) >= 11 is 0. The smallest absolute Gasteiger partial charge is 0.275 e. The van der Waals surface area contributed by atoms with Crippen LogP contribution in [0.2, 0.25) is 0 Å². The van der Waals surface area contributed by atoms with Gasteiger partial charge in [-0.1, -0.05) is 42.5 Å². The highest BCUT2D eigenvalue weighted by Crippen LogP contribution is 2.33. The molecule has 0 unspecified atom stereocenters. The first kappa shape index (κ1) is 17.6. The monoisotopic (exact) mass is 327 g/mol. The average Bonchev–Trinajstić information content (AvgIpc) is 2.62. The number of amides is 1. The maximum atomic E-state index is 12.3. The van der Waals surface area contributed by atoms with Crippen molar-refractivity contribution in [3.8, 4) is 11.5 Å². The van der Waals surface area contributed by atoms with Gasteiger partial charge in [0.25, 0.3) is 5.91 Å². The Balaban J connectivity index is 2.12. The van der Waals surface area contributed by atoms with Crippen LogP contribution in [0.15, 0.2) is 48.5 Å². The maximum absolute atomic E-state index is 12.3. The van der Waals surface area contributed by atoms with Crippen molar-refractivity contribution >= 4 is 12.0 Å². The Labute approximate surface area is 141 Å². The second kappa shape index (κ2) is 8.74. The largest absolute Gasteiger partial charge is 0.493 e. The zero-order valence-corrected chi connectivity index (χ0v) is 14.0. The van der Waals surface area contributed by atoms with Crippen LogP contribution >= 0.6 is 0 Å². The molecule has 1 N–H and O–H groups in total. The molecule has 2 rings (SSSR count). The minimum atomic E-state index is -0.349. The molecule has 0 fully saturated rings. The SMILES string of the molecule is C/C=C/c1cc(C(=O)NOCc2ccccc2)cc(OC)c1OC. The lowest BCUT2D eigenvalue weighted by Gasteiger charge is -2.13. The van der Waals surface area contributed by atoms with Crippen LogP contribution in [0.1, 0.15) is 28.4 Å². The summed E-state index contributed by atoms with van der Waals surface area (Å²) in [7, 11) is 3.10. The summed E-state index contributed by atoms with van der Waals surface area (Å²) in [4.78, 5) is 17.6. The van der Waals surface area contributed by atoms with Crippen molar-refractivity contribution in [1.82, 2.24) is 5.48 Å². The Bertz CT molecular complexity index is 711. The molecule has 0 atom stereocenters. The number of rotatable bonds is 7. The normalized spacial score (nSPS) is 10.6. The van der Waals surface area contributed by atoms with Crippen LogP contribution in [0, 0.1) is 0 Å². The number of carbonyl (C=O) groups is 1. The summed E-state index contributed by atoms with van der Waals surface area (Å²) in [5, 5.41) is 0. The number of hydroxylamine groups is 1. The van der Waals surface area contributed by atoms with Crippen molar-refractivity contribution in [3.05, 3.63) is 65.2 Å². The van der Waals surface area contributed by atoms with Gasteiger partial charge in [-0.15, -0.1) is 0 Å². The Morgan fingerprint density at radius 3 is 2.50 bits per heavy atom. The van der Waals surface area contributed by atoms with Crippen LogP contribution in [0.4, 0.5) is 0 Å². The summed E-state index contributed by atoms with van der Waals surface area (Å²) in [5.41, 5.74) is 4.60. The van der Waals surface area contributed by atoms with Gasteiger partial charge in [-0.25, -0.2) is 5.48 Å². The quantitative estimate of drug-likeness (QED) is 0.790. The molecule has 0 radical (unpaired) electrons. The number of hydrogen-bond acceptors (Lipinski definition) is 4. The van der Waals surface area contributed by atoms with E-state index in [-0.39, 0.29) is 5.91 Å². The molecule has 0 saturated heterocycles. The van der Waals surface area contributed by atoms with Gasteiger partial charge in [0.05, 0.1) is 20.8 Å². The number of methoxy groups -OCH3 is 2. The highest BCUT2D eigenvalue weighted by molar-refractivity contribution is 5.95. The van der Waals surface area contributed by atoms with E-state index in [0.29, 0.717) is 23.7 Å². The number of nitrogens with one attached hydrogen (secondary N) is 1. The van der Waals surface area contributed by atoms with Gasteiger partial charge in [-0.05, 0) is 24.6 Å². The molecule has 0 aliphatic heterocycles. The summed E-state index contributed by atoms with van der Waals surface area (Å²) in [6.45, 7) is 2.18. The lowest BCUT2D eigenvalue weighted by molar-refractivity contribution is 0.0233. The van der Waals surface area contributed by atoms with Gasteiger partial charge in [0.1, 0.15) is 0 Å². The van der Waals surface area contributed by atoms with Crippen molar-refractivity contribution in [3.63, 3.8) is 0 Å². The van der Waals surface area contributed by atoms with Crippen LogP contribution in [0.3, 0.4) is 0 Å². The Kier molecular flexibility index (Phi) is 6.40. The van der Waals surface area contributed by atoms with Gasteiger partial charge in [-0.3, -0.25) is 9.63 Å². The van der Waals surface area contributed by atoms with Crippen molar-refractivity contribution in [2.75, 3.05) is 14.2 Å². The maximum Gasteiger partial charge on any atom is 0.275 e. The van der Waals surface area contributed by atoms with Crippen LogP contribution in [0.5, 0.6) is 11.5 Å². The highest BCUT2D eigenvalue weighted by Gasteiger charge is 2.15.